The molecule has 0 spiro atoms. The molecule has 0 fully saturated rings. The minimum absolute atomic E-state index is 0.103. The first-order valence-electron chi connectivity index (χ1n) is 6.08. The maximum absolute atomic E-state index is 13.0. The number of oxazole rings is 1. The monoisotopic (exact) mass is 290 g/mol. The van der Waals surface area contributed by atoms with Gasteiger partial charge in [-0.1, -0.05) is 30.3 Å². The number of hydrogen-bond donors (Lipinski definition) is 0. The zero-order chi connectivity index (χ0) is 14.9. The molecule has 1 aromatic carbocycles. The van der Waals surface area contributed by atoms with Crippen LogP contribution in [0, 0.1) is 0 Å². The first kappa shape index (κ1) is 13.4. The van der Waals surface area contributed by atoms with Crippen molar-refractivity contribution in [3.05, 3.63) is 60.6 Å². The van der Waals surface area contributed by atoms with Crippen molar-refractivity contribution in [1.29, 1.82) is 0 Å². The molecule has 0 aliphatic rings. The highest BCUT2D eigenvalue weighted by molar-refractivity contribution is 5.64. The topological polar surface area (TPSA) is 38.9 Å². The number of alkyl halides is 3. The number of benzene rings is 1. The smallest absolute Gasteiger partial charge is 0.417 e. The standard InChI is InChI=1S/C15H9F3N2O/c16-15(17,18)12-6-7-19-8-11(12)14-20-13(9-21-14)10-4-2-1-3-5-10/h1-9H. The van der Waals surface area contributed by atoms with E-state index in [1.165, 1.54) is 6.26 Å². The van der Waals surface area contributed by atoms with Crippen molar-refractivity contribution in [2.45, 2.75) is 6.18 Å². The second-order valence-electron chi connectivity index (χ2n) is 4.32. The molecule has 0 saturated carbocycles. The molecule has 106 valence electrons. The molecule has 0 unspecified atom stereocenters. The van der Waals surface area contributed by atoms with E-state index in [0.717, 1.165) is 24.0 Å². The normalized spacial score (nSPS) is 11.6. The highest BCUT2D eigenvalue weighted by Crippen LogP contribution is 2.36. The molecule has 0 radical (unpaired) electrons. The summed E-state index contributed by atoms with van der Waals surface area (Å²) in [7, 11) is 0. The summed E-state index contributed by atoms with van der Waals surface area (Å²) in [5.74, 6) is -0.103. The van der Waals surface area contributed by atoms with Crippen molar-refractivity contribution in [1.82, 2.24) is 9.97 Å². The van der Waals surface area contributed by atoms with Gasteiger partial charge in [0, 0.05) is 18.0 Å². The van der Waals surface area contributed by atoms with Crippen LogP contribution in [0.15, 0.2) is 59.5 Å². The Hall–Kier alpha value is -2.63. The minimum Gasteiger partial charge on any atom is -0.444 e. The van der Waals surface area contributed by atoms with Gasteiger partial charge in [0.15, 0.2) is 0 Å². The van der Waals surface area contributed by atoms with E-state index in [4.69, 9.17) is 4.42 Å². The van der Waals surface area contributed by atoms with Crippen LogP contribution in [-0.2, 0) is 6.18 Å². The number of hydrogen-bond acceptors (Lipinski definition) is 3. The van der Waals surface area contributed by atoms with Gasteiger partial charge in [-0.3, -0.25) is 4.98 Å². The number of rotatable bonds is 2. The van der Waals surface area contributed by atoms with Gasteiger partial charge in [0.1, 0.15) is 12.0 Å². The lowest BCUT2D eigenvalue weighted by Gasteiger charge is -2.09. The predicted octanol–water partition coefficient (Wildman–Crippen LogP) is 4.42. The van der Waals surface area contributed by atoms with E-state index in [1.807, 2.05) is 18.2 Å². The lowest BCUT2D eigenvalue weighted by atomic mass is 10.1. The predicted molar refractivity (Wildman–Crippen MR) is 70.2 cm³/mol. The summed E-state index contributed by atoms with van der Waals surface area (Å²) in [6.07, 6.45) is -0.964. The fourth-order valence-corrected chi connectivity index (χ4v) is 1.95. The fourth-order valence-electron chi connectivity index (χ4n) is 1.95. The van der Waals surface area contributed by atoms with Crippen LogP contribution in [0.2, 0.25) is 0 Å². The quantitative estimate of drug-likeness (QED) is 0.701. The largest absolute Gasteiger partial charge is 0.444 e. The molecule has 6 heteroatoms. The van der Waals surface area contributed by atoms with Crippen molar-refractivity contribution in [2.75, 3.05) is 0 Å². The molecule has 0 amide bonds. The lowest BCUT2D eigenvalue weighted by molar-refractivity contribution is -0.137. The molecule has 0 N–H and O–H groups in total. The van der Waals surface area contributed by atoms with E-state index >= 15 is 0 Å². The van der Waals surface area contributed by atoms with E-state index in [-0.39, 0.29) is 11.5 Å². The van der Waals surface area contributed by atoms with Crippen LogP contribution >= 0.6 is 0 Å². The Labute approximate surface area is 118 Å². The van der Waals surface area contributed by atoms with Crippen molar-refractivity contribution in [2.24, 2.45) is 0 Å². The molecule has 0 aliphatic heterocycles. The van der Waals surface area contributed by atoms with E-state index in [1.54, 1.807) is 12.1 Å². The average molecular weight is 290 g/mol. The van der Waals surface area contributed by atoms with Crippen LogP contribution in [0.4, 0.5) is 13.2 Å². The molecule has 0 bridgehead atoms. The molecule has 0 aliphatic carbocycles. The zero-order valence-electron chi connectivity index (χ0n) is 10.6. The summed E-state index contributed by atoms with van der Waals surface area (Å²) < 4.78 is 44.1. The van der Waals surface area contributed by atoms with Gasteiger partial charge in [-0.2, -0.15) is 13.2 Å². The van der Waals surface area contributed by atoms with Crippen LogP contribution in [0.25, 0.3) is 22.7 Å². The first-order chi connectivity index (χ1) is 10.1. The molecule has 0 saturated heterocycles. The van der Waals surface area contributed by atoms with Gasteiger partial charge < -0.3 is 4.42 Å². The van der Waals surface area contributed by atoms with Crippen molar-refractivity contribution >= 4 is 0 Å². The second kappa shape index (κ2) is 5.05. The molecular formula is C15H9F3N2O. The van der Waals surface area contributed by atoms with E-state index in [2.05, 4.69) is 9.97 Å². The first-order valence-corrected chi connectivity index (χ1v) is 6.08. The number of halogens is 3. The molecule has 3 aromatic rings. The molecule has 0 atom stereocenters. The third-order valence-electron chi connectivity index (χ3n) is 2.93. The van der Waals surface area contributed by atoms with Crippen LogP contribution in [0.1, 0.15) is 5.56 Å². The van der Waals surface area contributed by atoms with Gasteiger partial charge in [-0.05, 0) is 6.07 Å². The number of pyridine rings is 1. The van der Waals surface area contributed by atoms with Gasteiger partial charge in [-0.25, -0.2) is 4.98 Å². The van der Waals surface area contributed by atoms with Crippen LogP contribution in [-0.4, -0.2) is 9.97 Å². The van der Waals surface area contributed by atoms with E-state index in [0.29, 0.717) is 5.69 Å². The van der Waals surface area contributed by atoms with Gasteiger partial charge in [0.05, 0.1) is 11.1 Å². The molecule has 21 heavy (non-hydrogen) atoms. The Bertz CT molecular complexity index is 751. The molecule has 2 heterocycles. The number of aromatic nitrogens is 2. The summed E-state index contributed by atoms with van der Waals surface area (Å²) in [4.78, 5) is 7.84. The average Bonchev–Trinajstić information content (AvgIpc) is 2.97. The summed E-state index contributed by atoms with van der Waals surface area (Å²) in [6.45, 7) is 0. The molecular weight excluding hydrogens is 281 g/mol. The van der Waals surface area contributed by atoms with Gasteiger partial charge in [0.25, 0.3) is 0 Å². The maximum atomic E-state index is 13.0. The SMILES string of the molecule is FC(F)(F)c1ccncc1-c1nc(-c2ccccc2)co1. The zero-order valence-corrected chi connectivity index (χ0v) is 10.6. The highest BCUT2D eigenvalue weighted by Gasteiger charge is 2.34. The third kappa shape index (κ3) is 2.65. The van der Waals surface area contributed by atoms with Crippen LogP contribution < -0.4 is 0 Å². The van der Waals surface area contributed by atoms with Gasteiger partial charge >= 0.3 is 6.18 Å². The third-order valence-corrected chi connectivity index (χ3v) is 2.93. The van der Waals surface area contributed by atoms with Gasteiger partial charge in [-0.15, -0.1) is 0 Å². The maximum Gasteiger partial charge on any atom is 0.417 e. The lowest BCUT2D eigenvalue weighted by Crippen LogP contribution is -2.07. The van der Waals surface area contributed by atoms with Crippen molar-refractivity contribution in [3.8, 4) is 22.7 Å². The summed E-state index contributed by atoms with van der Waals surface area (Å²) >= 11 is 0. The Balaban J connectivity index is 2.06. The van der Waals surface area contributed by atoms with Crippen molar-refractivity contribution < 1.29 is 17.6 Å². The second-order valence-corrected chi connectivity index (χ2v) is 4.32. The number of nitrogens with zero attached hydrogens (tertiary/aromatic N) is 2. The van der Waals surface area contributed by atoms with E-state index in [9.17, 15) is 13.2 Å². The Morgan fingerprint density at radius 3 is 2.48 bits per heavy atom. The molecule has 3 nitrogen and oxygen atoms in total. The summed E-state index contributed by atoms with van der Waals surface area (Å²) in [6, 6.07) is 9.98. The van der Waals surface area contributed by atoms with E-state index < -0.39 is 11.7 Å². The summed E-state index contributed by atoms with van der Waals surface area (Å²) in [5, 5.41) is 0. The van der Waals surface area contributed by atoms with Gasteiger partial charge in [0.2, 0.25) is 5.89 Å². The summed E-state index contributed by atoms with van der Waals surface area (Å²) in [5.41, 5.74) is 0.249. The van der Waals surface area contributed by atoms with Crippen molar-refractivity contribution in [3.63, 3.8) is 0 Å². The Morgan fingerprint density at radius 2 is 1.76 bits per heavy atom. The Morgan fingerprint density at radius 1 is 1.00 bits per heavy atom. The van der Waals surface area contributed by atoms with Crippen LogP contribution in [0.5, 0.6) is 0 Å². The molecule has 2 aromatic heterocycles. The van der Waals surface area contributed by atoms with Crippen LogP contribution in [0.3, 0.4) is 0 Å². The Kier molecular flexibility index (Phi) is 3.21. The fraction of sp³-hybridized carbons (Fsp3) is 0.0667. The molecule has 3 rings (SSSR count). The highest BCUT2D eigenvalue weighted by atomic mass is 19.4. The minimum atomic E-state index is -4.49.